The number of pyridine rings is 2. The summed E-state index contributed by atoms with van der Waals surface area (Å²) in [5, 5.41) is 0. The minimum atomic E-state index is 0.697. The Balaban J connectivity index is 2.60. The van der Waals surface area contributed by atoms with E-state index in [9.17, 15) is 0 Å². The average molecular weight is 199 g/mol. The fraction of sp³-hybridized carbons (Fsp3) is 0.167. The lowest BCUT2D eigenvalue weighted by Crippen LogP contribution is -1.94. The van der Waals surface area contributed by atoms with Crippen molar-refractivity contribution in [2.75, 3.05) is 5.73 Å². The molecule has 0 saturated heterocycles. The lowest BCUT2D eigenvalue weighted by atomic mass is 10.0. The molecular weight excluding hydrogens is 186 g/mol. The standard InChI is InChI=1S/C12H13N3/c1-8-5-10(13)7-15-12(8)11-3-4-14-6-9(11)2/h3-7H,13H2,1-2H3. The molecule has 0 aromatic carbocycles. The fourth-order valence-corrected chi connectivity index (χ4v) is 1.62. The number of rotatable bonds is 1. The molecular formula is C12H13N3. The van der Waals surface area contributed by atoms with Crippen molar-refractivity contribution in [3.8, 4) is 11.3 Å². The normalized spacial score (nSPS) is 10.3. The molecule has 3 nitrogen and oxygen atoms in total. The van der Waals surface area contributed by atoms with Gasteiger partial charge in [-0.1, -0.05) is 0 Å². The van der Waals surface area contributed by atoms with E-state index >= 15 is 0 Å². The highest BCUT2D eigenvalue weighted by molar-refractivity contribution is 5.67. The summed E-state index contributed by atoms with van der Waals surface area (Å²) in [5.74, 6) is 0. The minimum Gasteiger partial charge on any atom is -0.397 e. The van der Waals surface area contributed by atoms with E-state index in [1.807, 2.05) is 32.2 Å². The predicted octanol–water partition coefficient (Wildman–Crippen LogP) is 2.34. The first-order valence-electron chi connectivity index (χ1n) is 4.81. The van der Waals surface area contributed by atoms with Crippen molar-refractivity contribution in [3.05, 3.63) is 41.9 Å². The van der Waals surface area contributed by atoms with Gasteiger partial charge in [-0.15, -0.1) is 0 Å². The van der Waals surface area contributed by atoms with Crippen LogP contribution in [0.1, 0.15) is 11.1 Å². The number of anilines is 1. The van der Waals surface area contributed by atoms with Gasteiger partial charge < -0.3 is 5.73 Å². The SMILES string of the molecule is Cc1cnccc1-c1ncc(N)cc1C. The quantitative estimate of drug-likeness (QED) is 0.767. The first-order chi connectivity index (χ1) is 7.18. The first kappa shape index (κ1) is 9.65. The van der Waals surface area contributed by atoms with Gasteiger partial charge in [0.25, 0.3) is 0 Å². The van der Waals surface area contributed by atoms with Gasteiger partial charge >= 0.3 is 0 Å². The molecule has 0 radical (unpaired) electrons. The molecule has 0 bridgehead atoms. The molecule has 2 rings (SSSR count). The maximum atomic E-state index is 5.67. The Kier molecular flexibility index (Phi) is 2.37. The summed E-state index contributed by atoms with van der Waals surface area (Å²) >= 11 is 0. The second kappa shape index (κ2) is 3.69. The number of nitrogen functional groups attached to an aromatic ring is 1. The highest BCUT2D eigenvalue weighted by atomic mass is 14.7. The number of hydrogen-bond acceptors (Lipinski definition) is 3. The lowest BCUT2D eigenvalue weighted by Gasteiger charge is -2.07. The molecule has 15 heavy (non-hydrogen) atoms. The van der Waals surface area contributed by atoms with Crippen molar-refractivity contribution in [1.82, 2.24) is 9.97 Å². The molecule has 0 unspecified atom stereocenters. The van der Waals surface area contributed by atoms with Crippen molar-refractivity contribution < 1.29 is 0 Å². The van der Waals surface area contributed by atoms with Crippen molar-refractivity contribution in [2.45, 2.75) is 13.8 Å². The summed E-state index contributed by atoms with van der Waals surface area (Å²) in [6, 6.07) is 3.91. The van der Waals surface area contributed by atoms with E-state index in [4.69, 9.17) is 5.73 Å². The largest absolute Gasteiger partial charge is 0.397 e. The van der Waals surface area contributed by atoms with E-state index in [0.29, 0.717) is 5.69 Å². The first-order valence-corrected chi connectivity index (χ1v) is 4.81. The maximum absolute atomic E-state index is 5.67. The molecule has 2 aromatic rings. The minimum absolute atomic E-state index is 0.697. The second-order valence-electron chi connectivity index (χ2n) is 3.62. The van der Waals surface area contributed by atoms with Crippen LogP contribution in [0.5, 0.6) is 0 Å². The summed E-state index contributed by atoms with van der Waals surface area (Å²) in [5.41, 5.74) is 10.7. The Morgan fingerprint density at radius 3 is 2.60 bits per heavy atom. The summed E-state index contributed by atoms with van der Waals surface area (Å²) < 4.78 is 0. The van der Waals surface area contributed by atoms with Gasteiger partial charge in [-0.3, -0.25) is 9.97 Å². The van der Waals surface area contributed by atoms with E-state index in [1.165, 1.54) is 0 Å². The molecule has 0 fully saturated rings. The van der Waals surface area contributed by atoms with Crippen LogP contribution < -0.4 is 5.73 Å². The molecule has 3 heteroatoms. The Labute approximate surface area is 89.0 Å². The molecule has 0 saturated carbocycles. The number of nitrogens with zero attached hydrogens (tertiary/aromatic N) is 2. The van der Waals surface area contributed by atoms with Crippen LogP contribution in [0.3, 0.4) is 0 Å². The van der Waals surface area contributed by atoms with Crippen LogP contribution in [0.2, 0.25) is 0 Å². The zero-order valence-electron chi connectivity index (χ0n) is 8.86. The highest BCUT2D eigenvalue weighted by Crippen LogP contribution is 2.24. The monoisotopic (exact) mass is 199 g/mol. The van der Waals surface area contributed by atoms with Gasteiger partial charge in [-0.05, 0) is 37.1 Å². The van der Waals surface area contributed by atoms with Crippen LogP contribution in [0, 0.1) is 13.8 Å². The smallest absolute Gasteiger partial charge is 0.0736 e. The lowest BCUT2D eigenvalue weighted by molar-refractivity contribution is 1.22. The Morgan fingerprint density at radius 2 is 1.93 bits per heavy atom. The number of nitrogens with two attached hydrogens (primary N) is 1. The molecule has 0 atom stereocenters. The molecule has 2 heterocycles. The number of aryl methyl sites for hydroxylation is 2. The van der Waals surface area contributed by atoms with Crippen LogP contribution in [-0.2, 0) is 0 Å². The summed E-state index contributed by atoms with van der Waals surface area (Å²) in [6.07, 6.45) is 5.30. The van der Waals surface area contributed by atoms with E-state index in [-0.39, 0.29) is 0 Å². The zero-order valence-corrected chi connectivity index (χ0v) is 8.86. The van der Waals surface area contributed by atoms with Gasteiger partial charge in [0, 0.05) is 18.0 Å². The number of hydrogen-bond donors (Lipinski definition) is 1. The van der Waals surface area contributed by atoms with Crippen LogP contribution in [0.25, 0.3) is 11.3 Å². The van der Waals surface area contributed by atoms with Crippen molar-refractivity contribution >= 4 is 5.69 Å². The van der Waals surface area contributed by atoms with Gasteiger partial charge in [0.05, 0.1) is 17.6 Å². The van der Waals surface area contributed by atoms with E-state index in [2.05, 4.69) is 9.97 Å². The Bertz CT molecular complexity index is 492. The van der Waals surface area contributed by atoms with Crippen LogP contribution in [-0.4, -0.2) is 9.97 Å². The molecule has 0 aliphatic heterocycles. The zero-order chi connectivity index (χ0) is 10.8. The van der Waals surface area contributed by atoms with Crippen molar-refractivity contribution in [1.29, 1.82) is 0 Å². The predicted molar refractivity (Wildman–Crippen MR) is 61.4 cm³/mol. The van der Waals surface area contributed by atoms with E-state index in [0.717, 1.165) is 22.4 Å². The molecule has 2 N–H and O–H groups in total. The topological polar surface area (TPSA) is 51.8 Å². The van der Waals surface area contributed by atoms with Gasteiger partial charge in [0.1, 0.15) is 0 Å². The fourth-order valence-electron chi connectivity index (χ4n) is 1.62. The van der Waals surface area contributed by atoms with Gasteiger partial charge in [0.15, 0.2) is 0 Å². The van der Waals surface area contributed by atoms with Crippen molar-refractivity contribution in [3.63, 3.8) is 0 Å². The molecule has 0 aliphatic carbocycles. The summed E-state index contributed by atoms with van der Waals surface area (Å²) in [7, 11) is 0. The van der Waals surface area contributed by atoms with E-state index < -0.39 is 0 Å². The Hall–Kier alpha value is -1.90. The van der Waals surface area contributed by atoms with Crippen LogP contribution in [0.15, 0.2) is 30.7 Å². The molecule has 2 aromatic heterocycles. The van der Waals surface area contributed by atoms with Crippen LogP contribution >= 0.6 is 0 Å². The molecule has 0 aliphatic rings. The van der Waals surface area contributed by atoms with Crippen LogP contribution in [0.4, 0.5) is 5.69 Å². The van der Waals surface area contributed by atoms with Crippen molar-refractivity contribution in [2.24, 2.45) is 0 Å². The third kappa shape index (κ3) is 1.81. The highest BCUT2D eigenvalue weighted by Gasteiger charge is 2.06. The van der Waals surface area contributed by atoms with Gasteiger partial charge in [-0.25, -0.2) is 0 Å². The summed E-state index contributed by atoms with van der Waals surface area (Å²) in [4.78, 5) is 8.42. The molecule has 0 amide bonds. The Morgan fingerprint density at radius 1 is 1.13 bits per heavy atom. The molecule has 76 valence electrons. The second-order valence-corrected chi connectivity index (χ2v) is 3.62. The average Bonchev–Trinajstić information content (AvgIpc) is 2.20. The van der Waals surface area contributed by atoms with E-state index in [1.54, 1.807) is 12.4 Å². The van der Waals surface area contributed by atoms with Gasteiger partial charge in [0.2, 0.25) is 0 Å². The third-order valence-electron chi connectivity index (χ3n) is 2.37. The van der Waals surface area contributed by atoms with Gasteiger partial charge in [-0.2, -0.15) is 0 Å². The third-order valence-corrected chi connectivity index (χ3v) is 2.37. The maximum Gasteiger partial charge on any atom is 0.0736 e. The summed E-state index contributed by atoms with van der Waals surface area (Å²) in [6.45, 7) is 4.04. The number of aromatic nitrogens is 2. The molecule has 0 spiro atoms.